The Balaban J connectivity index is 1.40. The minimum absolute atomic E-state index is 0.0327. The standard InChI is InChI=1S/C28H35ClN2O3/c1-31(2,17-18-33-21-22-13-15-25(29)16-14-22)20-26-19-27(30-34-26)28(32,23-9-5-3-6-10-23)24-11-7-4-8-12-24/h3,5-6,9-10,13-16,19,24H,4,7-8,11-12,17-18,20-21H2,1-2H3. The maximum atomic E-state index is 14.5. The number of aromatic nitrogens is 1. The summed E-state index contributed by atoms with van der Waals surface area (Å²) in [4.78, 5) is 0. The summed E-state index contributed by atoms with van der Waals surface area (Å²) in [5.74, 6) is 0.773. The maximum Gasteiger partial charge on any atom is 0.191 e. The predicted molar refractivity (Wildman–Crippen MR) is 132 cm³/mol. The Labute approximate surface area is 207 Å². The van der Waals surface area contributed by atoms with Crippen LogP contribution in [-0.4, -0.2) is 36.9 Å². The van der Waals surface area contributed by atoms with Crippen LogP contribution in [0.2, 0.25) is 5.02 Å². The Morgan fingerprint density at radius 2 is 1.76 bits per heavy atom. The minimum Gasteiger partial charge on any atom is -0.841 e. The van der Waals surface area contributed by atoms with Crippen molar-refractivity contribution in [2.24, 2.45) is 5.92 Å². The van der Waals surface area contributed by atoms with E-state index in [0.29, 0.717) is 29.9 Å². The highest BCUT2D eigenvalue weighted by molar-refractivity contribution is 6.30. The molecule has 182 valence electrons. The summed E-state index contributed by atoms with van der Waals surface area (Å²) in [6.07, 6.45) is 5.29. The first-order chi connectivity index (χ1) is 16.4. The highest BCUT2D eigenvalue weighted by Crippen LogP contribution is 2.41. The topological polar surface area (TPSA) is 58.3 Å². The number of hydrogen-bond acceptors (Lipinski definition) is 4. The molecule has 2 aromatic carbocycles. The molecule has 1 atom stereocenters. The van der Waals surface area contributed by atoms with E-state index in [0.717, 1.165) is 54.1 Å². The number of rotatable bonds is 10. The van der Waals surface area contributed by atoms with E-state index in [9.17, 15) is 5.11 Å². The Kier molecular flexibility index (Phi) is 8.10. The van der Waals surface area contributed by atoms with Gasteiger partial charge in [0.2, 0.25) is 0 Å². The van der Waals surface area contributed by atoms with Crippen LogP contribution in [0, 0.1) is 5.92 Å². The largest absolute Gasteiger partial charge is 0.841 e. The molecule has 1 saturated carbocycles. The van der Waals surface area contributed by atoms with Gasteiger partial charge in [0.15, 0.2) is 5.76 Å². The van der Waals surface area contributed by atoms with Gasteiger partial charge < -0.3 is 18.8 Å². The van der Waals surface area contributed by atoms with Crippen LogP contribution in [0.3, 0.4) is 0 Å². The van der Waals surface area contributed by atoms with Crippen molar-refractivity contribution in [1.29, 1.82) is 0 Å². The molecular formula is C28H35ClN2O3. The Morgan fingerprint density at radius 3 is 2.47 bits per heavy atom. The SMILES string of the molecule is C[N+](C)(CCOCc1ccc(Cl)cc1)Cc1cc(C([O-])(c2ccccc2)C2CCCCC2)no1. The lowest BCUT2D eigenvalue weighted by Gasteiger charge is -2.48. The van der Waals surface area contributed by atoms with Crippen molar-refractivity contribution in [3.63, 3.8) is 0 Å². The molecule has 0 radical (unpaired) electrons. The van der Waals surface area contributed by atoms with Crippen LogP contribution in [0.25, 0.3) is 0 Å². The normalized spacial score (nSPS) is 16.9. The van der Waals surface area contributed by atoms with Gasteiger partial charge in [-0.05, 0) is 29.2 Å². The molecule has 0 amide bonds. The average Bonchev–Trinajstić information content (AvgIpc) is 3.32. The lowest BCUT2D eigenvalue weighted by molar-refractivity contribution is -0.905. The van der Waals surface area contributed by atoms with Gasteiger partial charge in [-0.1, -0.05) is 96.9 Å². The fourth-order valence-corrected chi connectivity index (χ4v) is 5.06. The van der Waals surface area contributed by atoms with E-state index in [1.54, 1.807) is 0 Å². The van der Waals surface area contributed by atoms with Crippen molar-refractivity contribution in [3.8, 4) is 0 Å². The van der Waals surface area contributed by atoms with Gasteiger partial charge in [0.05, 0.1) is 33.0 Å². The second kappa shape index (κ2) is 11.0. The highest BCUT2D eigenvalue weighted by Gasteiger charge is 2.35. The van der Waals surface area contributed by atoms with Gasteiger partial charge in [0, 0.05) is 11.1 Å². The molecule has 0 bridgehead atoms. The summed E-state index contributed by atoms with van der Waals surface area (Å²) in [5, 5.41) is 19.5. The molecule has 0 N–H and O–H groups in total. The van der Waals surface area contributed by atoms with Crippen LogP contribution in [0.5, 0.6) is 0 Å². The van der Waals surface area contributed by atoms with E-state index in [1.165, 1.54) is 6.42 Å². The maximum absolute atomic E-state index is 14.5. The van der Waals surface area contributed by atoms with Crippen LogP contribution in [0.1, 0.15) is 54.7 Å². The first-order valence-corrected chi connectivity index (χ1v) is 12.6. The predicted octanol–water partition coefficient (Wildman–Crippen LogP) is 5.31. The van der Waals surface area contributed by atoms with Crippen molar-refractivity contribution in [3.05, 3.63) is 88.3 Å². The minimum atomic E-state index is -1.37. The Bertz CT molecular complexity index is 1030. The van der Waals surface area contributed by atoms with Gasteiger partial charge in [-0.15, -0.1) is 0 Å². The van der Waals surface area contributed by atoms with E-state index < -0.39 is 5.60 Å². The molecule has 3 aromatic rings. The summed E-state index contributed by atoms with van der Waals surface area (Å²) in [5.41, 5.74) is 1.03. The van der Waals surface area contributed by atoms with E-state index in [1.807, 2.05) is 60.7 Å². The van der Waals surface area contributed by atoms with Crippen molar-refractivity contribution in [1.82, 2.24) is 5.16 Å². The fourth-order valence-electron chi connectivity index (χ4n) is 4.93. The van der Waals surface area contributed by atoms with Crippen molar-refractivity contribution < 1.29 is 18.8 Å². The Hall–Kier alpha value is -2.18. The summed E-state index contributed by atoms with van der Waals surface area (Å²) in [7, 11) is 4.27. The summed E-state index contributed by atoms with van der Waals surface area (Å²) in [6, 6.07) is 19.3. The molecule has 1 heterocycles. The Morgan fingerprint density at radius 1 is 1.06 bits per heavy atom. The third-order valence-corrected chi connectivity index (χ3v) is 7.18. The lowest BCUT2D eigenvalue weighted by Crippen LogP contribution is -2.49. The van der Waals surface area contributed by atoms with Gasteiger partial charge >= 0.3 is 0 Å². The summed E-state index contributed by atoms with van der Waals surface area (Å²) < 4.78 is 12.3. The number of halogens is 1. The van der Waals surface area contributed by atoms with Crippen LogP contribution in [0.15, 0.2) is 65.2 Å². The first-order valence-electron chi connectivity index (χ1n) is 12.2. The lowest BCUT2D eigenvalue weighted by atomic mass is 9.71. The third kappa shape index (κ3) is 6.08. The van der Waals surface area contributed by atoms with Crippen molar-refractivity contribution in [2.45, 2.75) is 50.9 Å². The molecule has 1 aromatic heterocycles. The first kappa shape index (κ1) is 24.9. The van der Waals surface area contributed by atoms with E-state index in [2.05, 4.69) is 19.3 Å². The summed E-state index contributed by atoms with van der Waals surface area (Å²) in [6.45, 7) is 2.63. The zero-order valence-corrected chi connectivity index (χ0v) is 21.0. The zero-order valence-electron chi connectivity index (χ0n) is 20.2. The number of hydrogen-bond donors (Lipinski definition) is 0. The van der Waals surface area contributed by atoms with Crippen LogP contribution < -0.4 is 5.11 Å². The molecular weight excluding hydrogens is 448 g/mol. The van der Waals surface area contributed by atoms with Crippen molar-refractivity contribution >= 4 is 11.6 Å². The number of ether oxygens (including phenoxy) is 1. The molecule has 6 heteroatoms. The van der Waals surface area contributed by atoms with Gasteiger partial charge in [-0.2, -0.15) is 0 Å². The third-order valence-electron chi connectivity index (χ3n) is 6.93. The second-order valence-electron chi connectivity index (χ2n) is 10.1. The summed E-state index contributed by atoms with van der Waals surface area (Å²) >= 11 is 5.94. The molecule has 1 aliphatic rings. The molecule has 1 fully saturated rings. The zero-order chi connectivity index (χ0) is 24.0. The second-order valence-corrected chi connectivity index (χ2v) is 10.5. The molecule has 4 rings (SSSR count). The molecule has 1 aliphatic carbocycles. The smallest absolute Gasteiger partial charge is 0.191 e. The molecule has 0 spiro atoms. The van der Waals surface area contributed by atoms with E-state index >= 15 is 0 Å². The monoisotopic (exact) mass is 482 g/mol. The van der Waals surface area contributed by atoms with Gasteiger partial charge in [0.25, 0.3) is 0 Å². The molecule has 0 saturated heterocycles. The van der Waals surface area contributed by atoms with Crippen LogP contribution >= 0.6 is 11.6 Å². The van der Waals surface area contributed by atoms with E-state index in [-0.39, 0.29) is 5.92 Å². The van der Waals surface area contributed by atoms with E-state index in [4.69, 9.17) is 20.9 Å². The highest BCUT2D eigenvalue weighted by atomic mass is 35.5. The van der Waals surface area contributed by atoms with Crippen LogP contribution in [-0.2, 0) is 23.5 Å². The number of nitrogens with zero attached hydrogens (tertiary/aromatic N) is 2. The molecule has 0 aliphatic heterocycles. The molecule has 34 heavy (non-hydrogen) atoms. The van der Waals surface area contributed by atoms with Crippen molar-refractivity contribution in [2.75, 3.05) is 27.2 Å². The van der Waals surface area contributed by atoms with Gasteiger partial charge in [-0.25, -0.2) is 0 Å². The van der Waals surface area contributed by atoms with Crippen LogP contribution in [0.4, 0.5) is 0 Å². The fraction of sp³-hybridized carbons (Fsp3) is 0.464. The average molecular weight is 483 g/mol. The quantitative estimate of drug-likeness (QED) is 0.290. The number of quaternary nitrogens is 1. The number of benzene rings is 2. The number of likely N-dealkylation sites (N-methyl/N-ethyl adjacent to an activating group) is 1. The van der Waals surface area contributed by atoms with Gasteiger partial charge in [-0.3, -0.25) is 0 Å². The van der Waals surface area contributed by atoms with Gasteiger partial charge in [0.1, 0.15) is 13.1 Å². The molecule has 1 unspecified atom stereocenters. The molecule has 5 nitrogen and oxygen atoms in total.